The lowest BCUT2D eigenvalue weighted by molar-refractivity contribution is -0.132. The van der Waals surface area contributed by atoms with Gasteiger partial charge in [-0.2, -0.15) is 0 Å². The lowest BCUT2D eigenvalue weighted by Crippen LogP contribution is -2.52. The summed E-state index contributed by atoms with van der Waals surface area (Å²) in [6.45, 7) is 4.42. The summed E-state index contributed by atoms with van der Waals surface area (Å²) in [4.78, 5) is 17.2. The van der Waals surface area contributed by atoms with Crippen LogP contribution in [0.1, 0.15) is 24.8 Å². The predicted molar refractivity (Wildman–Crippen MR) is 120 cm³/mol. The number of benzene rings is 2. The van der Waals surface area contributed by atoms with Crippen molar-refractivity contribution in [3.63, 3.8) is 0 Å². The van der Waals surface area contributed by atoms with Crippen molar-refractivity contribution in [3.8, 4) is 11.1 Å². The predicted octanol–water partition coefficient (Wildman–Crippen LogP) is 2.75. The summed E-state index contributed by atoms with van der Waals surface area (Å²) in [7, 11) is 2.01. The lowest BCUT2D eigenvalue weighted by Gasteiger charge is -2.36. The van der Waals surface area contributed by atoms with Gasteiger partial charge in [0.25, 0.3) is 0 Å². The van der Waals surface area contributed by atoms with Gasteiger partial charge in [-0.3, -0.25) is 9.69 Å². The van der Waals surface area contributed by atoms with E-state index in [4.69, 9.17) is 0 Å². The Kier molecular flexibility index (Phi) is 6.82. The summed E-state index contributed by atoms with van der Waals surface area (Å²) in [5.74, 6) is -0.283. The van der Waals surface area contributed by atoms with Crippen molar-refractivity contribution in [1.29, 1.82) is 0 Å². The van der Waals surface area contributed by atoms with E-state index in [0.29, 0.717) is 13.0 Å². The molecule has 2 saturated heterocycles. The fourth-order valence-electron chi connectivity index (χ4n) is 4.60. The number of aliphatic hydroxyl groups excluding tert-OH is 1. The van der Waals surface area contributed by atoms with Gasteiger partial charge in [0.05, 0.1) is 12.0 Å². The standard InChI is InChI=1S/C25H33N3O2/c1-27-14-13-24(29)23(18-27)25(30)26-22-11-15-28(16-12-22)17-19-7-9-21(10-8-19)20-5-3-2-4-6-20/h2-10,22-24,29H,11-18H2,1H3,(H,26,30)/t23-,24+/m1/s1. The Bertz CT molecular complexity index is 816. The fourth-order valence-corrected chi connectivity index (χ4v) is 4.60. The molecular formula is C25H33N3O2. The number of likely N-dealkylation sites (tertiary alicyclic amines) is 2. The fraction of sp³-hybridized carbons (Fsp3) is 0.480. The molecule has 30 heavy (non-hydrogen) atoms. The van der Waals surface area contributed by atoms with Gasteiger partial charge in [0, 0.05) is 38.8 Å². The Morgan fingerprint density at radius 3 is 2.33 bits per heavy atom. The first-order valence-corrected chi connectivity index (χ1v) is 11.1. The molecule has 2 fully saturated rings. The molecule has 4 rings (SSSR count). The largest absolute Gasteiger partial charge is 0.392 e. The Morgan fingerprint density at radius 2 is 1.63 bits per heavy atom. The molecule has 0 bridgehead atoms. The summed E-state index contributed by atoms with van der Waals surface area (Å²) in [5.41, 5.74) is 3.82. The van der Waals surface area contributed by atoms with Crippen LogP contribution in [0.2, 0.25) is 0 Å². The number of nitrogens with one attached hydrogen (secondary N) is 1. The summed E-state index contributed by atoms with van der Waals surface area (Å²) in [6, 6.07) is 19.5. The molecule has 5 nitrogen and oxygen atoms in total. The number of piperidine rings is 2. The second kappa shape index (κ2) is 9.73. The lowest BCUT2D eigenvalue weighted by atomic mass is 9.93. The van der Waals surface area contributed by atoms with Gasteiger partial charge >= 0.3 is 0 Å². The van der Waals surface area contributed by atoms with Crippen molar-refractivity contribution in [3.05, 3.63) is 60.2 Å². The van der Waals surface area contributed by atoms with Crippen LogP contribution >= 0.6 is 0 Å². The Balaban J connectivity index is 1.24. The molecule has 2 aliphatic heterocycles. The van der Waals surface area contributed by atoms with Gasteiger partial charge in [-0.15, -0.1) is 0 Å². The molecule has 160 valence electrons. The topological polar surface area (TPSA) is 55.8 Å². The first-order chi connectivity index (χ1) is 14.6. The van der Waals surface area contributed by atoms with Crippen LogP contribution in [0.25, 0.3) is 11.1 Å². The molecule has 0 unspecified atom stereocenters. The van der Waals surface area contributed by atoms with Gasteiger partial charge < -0.3 is 15.3 Å². The molecule has 0 radical (unpaired) electrons. The normalized spacial score (nSPS) is 23.9. The van der Waals surface area contributed by atoms with Crippen molar-refractivity contribution in [2.75, 3.05) is 33.2 Å². The number of hydrogen-bond donors (Lipinski definition) is 2. The zero-order valence-electron chi connectivity index (χ0n) is 17.8. The monoisotopic (exact) mass is 407 g/mol. The minimum absolute atomic E-state index is 0.0176. The highest BCUT2D eigenvalue weighted by Crippen LogP contribution is 2.21. The number of nitrogens with zero attached hydrogens (tertiary/aromatic N) is 2. The molecule has 0 spiro atoms. The Hall–Kier alpha value is -2.21. The smallest absolute Gasteiger partial charge is 0.227 e. The van der Waals surface area contributed by atoms with E-state index >= 15 is 0 Å². The third kappa shape index (κ3) is 5.28. The first kappa shape index (κ1) is 21.0. The van der Waals surface area contributed by atoms with Crippen LogP contribution in [-0.4, -0.2) is 66.2 Å². The summed E-state index contributed by atoms with van der Waals surface area (Å²) < 4.78 is 0. The van der Waals surface area contributed by atoms with E-state index in [1.165, 1.54) is 16.7 Å². The van der Waals surface area contributed by atoms with Gasteiger partial charge in [0.15, 0.2) is 0 Å². The summed E-state index contributed by atoms with van der Waals surface area (Å²) in [5, 5.41) is 13.4. The molecule has 2 N–H and O–H groups in total. The zero-order valence-corrected chi connectivity index (χ0v) is 17.8. The minimum atomic E-state index is -0.514. The van der Waals surface area contributed by atoms with Crippen molar-refractivity contribution >= 4 is 5.91 Å². The second-order valence-electron chi connectivity index (χ2n) is 8.85. The van der Waals surface area contributed by atoms with E-state index in [2.05, 4.69) is 63.6 Å². The molecule has 2 aromatic carbocycles. The van der Waals surface area contributed by atoms with Crippen LogP contribution in [0, 0.1) is 5.92 Å². The average molecular weight is 408 g/mol. The maximum Gasteiger partial charge on any atom is 0.227 e. The number of aliphatic hydroxyl groups is 1. The molecule has 5 heteroatoms. The second-order valence-corrected chi connectivity index (χ2v) is 8.85. The molecule has 0 aliphatic carbocycles. The van der Waals surface area contributed by atoms with Gasteiger partial charge in [-0.25, -0.2) is 0 Å². The van der Waals surface area contributed by atoms with Crippen LogP contribution in [-0.2, 0) is 11.3 Å². The van der Waals surface area contributed by atoms with Gasteiger partial charge in [-0.05, 0) is 43.0 Å². The van der Waals surface area contributed by atoms with E-state index in [1.807, 2.05) is 13.1 Å². The van der Waals surface area contributed by atoms with Crippen LogP contribution in [0.3, 0.4) is 0 Å². The zero-order chi connectivity index (χ0) is 20.9. The molecule has 2 heterocycles. The highest BCUT2D eigenvalue weighted by molar-refractivity contribution is 5.80. The summed E-state index contributed by atoms with van der Waals surface area (Å²) >= 11 is 0. The highest BCUT2D eigenvalue weighted by Gasteiger charge is 2.33. The van der Waals surface area contributed by atoms with Crippen LogP contribution < -0.4 is 5.32 Å². The third-order valence-corrected chi connectivity index (χ3v) is 6.52. The maximum absolute atomic E-state index is 12.6. The average Bonchev–Trinajstić information content (AvgIpc) is 2.78. The van der Waals surface area contributed by atoms with Crippen molar-refractivity contribution in [2.45, 2.75) is 38.0 Å². The molecule has 0 saturated carbocycles. The Labute approximate surface area is 179 Å². The molecule has 1 amide bonds. The number of hydrogen-bond acceptors (Lipinski definition) is 4. The van der Waals surface area contributed by atoms with Crippen LogP contribution in [0.4, 0.5) is 0 Å². The molecular weight excluding hydrogens is 374 g/mol. The van der Waals surface area contributed by atoms with Gasteiger partial charge in [0.1, 0.15) is 0 Å². The molecule has 2 aromatic rings. The molecule has 2 aliphatic rings. The Morgan fingerprint density at radius 1 is 0.967 bits per heavy atom. The van der Waals surface area contributed by atoms with Gasteiger partial charge in [-0.1, -0.05) is 54.6 Å². The van der Waals surface area contributed by atoms with Crippen LogP contribution in [0.5, 0.6) is 0 Å². The van der Waals surface area contributed by atoms with Crippen LogP contribution in [0.15, 0.2) is 54.6 Å². The number of rotatable bonds is 5. The summed E-state index contributed by atoms with van der Waals surface area (Å²) in [6.07, 6.45) is 2.09. The third-order valence-electron chi connectivity index (χ3n) is 6.52. The van der Waals surface area contributed by atoms with E-state index in [9.17, 15) is 9.90 Å². The van der Waals surface area contributed by atoms with E-state index in [1.54, 1.807) is 0 Å². The van der Waals surface area contributed by atoms with Crippen molar-refractivity contribution < 1.29 is 9.90 Å². The first-order valence-electron chi connectivity index (χ1n) is 11.1. The molecule has 2 atom stereocenters. The molecule has 0 aromatic heterocycles. The maximum atomic E-state index is 12.6. The highest BCUT2D eigenvalue weighted by atomic mass is 16.3. The minimum Gasteiger partial charge on any atom is -0.392 e. The SMILES string of the molecule is CN1CC[C@H](O)[C@H](C(=O)NC2CCN(Cc3ccc(-c4ccccc4)cc3)CC2)C1. The van der Waals surface area contributed by atoms with E-state index in [-0.39, 0.29) is 17.9 Å². The number of carbonyl (C=O) groups is 1. The van der Waals surface area contributed by atoms with Gasteiger partial charge in [0.2, 0.25) is 5.91 Å². The van der Waals surface area contributed by atoms with Crippen molar-refractivity contribution in [2.24, 2.45) is 5.92 Å². The van der Waals surface area contributed by atoms with Crippen molar-refractivity contribution in [1.82, 2.24) is 15.1 Å². The van der Waals surface area contributed by atoms with E-state index in [0.717, 1.165) is 39.0 Å². The number of amides is 1. The number of carbonyl (C=O) groups excluding carboxylic acids is 1. The quantitative estimate of drug-likeness (QED) is 0.800. The van der Waals surface area contributed by atoms with E-state index < -0.39 is 6.10 Å².